The van der Waals surface area contributed by atoms with E-state index >= 15 is 0 Å². The molecular formula is C91H104N6. The molecule has 2 aliphatic heterocycles. The van der Waals surface area contributed by atoms with Crippen LogP contribution in [0, 0.1) is 0 Å². The molecule has 2 atom stereocenters. The van der Waals surface area contributed by atoms with Crippen LogP contribution in [-0.2, 0) is 12.8 Å². The Morgan fingerprint density at radius 3 is 1.00 bits per heavy atom. The van der Waals surface area contributed by atoms with Crippen molar-refractivity contribution in [2.75, 3.05) is 9.80 Å². The molecule has 1 aromatic heterocycles. The second-order valence-electron chi connectivity index (χ2n) is 29.3. The molecular weight excluding hydrogens is 1180 g/mol. The predicted molar refractivity (Wildman–Crippen MR) is 413 cm³/mol. The third-order valence-corrected chi connectivity index (χ3v) is 20.2. The molecule has 10 aromatic rings. The minimum atomic E-state index is -0.0246. The van der Waals surface area contributed by atoms with Gasteiger partial charge in [-0.05, 0) is 212 Å². The Balaban J connectivity index is 0.718. The topological polar surface area (TPSA) is 48.4 Å². The molecule has 2 N–H and O–H groups in total. The normalized spacial score (nSPS) is 14.8. The lowest BCUT2D eigenvalue weighted by Gasteiger charge is -2.33. The van der Waals surface area contributed by atoms with Crippen molar-refractivity contribution in [2.24, 2.45) is 0 Å². The molecule has 3 heterocycles. The summed E-state index contributed by atoms with van der Waals surface area (Å²) in [5, 5.41) is 8.22. The van der Waals surface area contributed by atoms with Crippen molar-refractivity contribution in [3.8, 4) is 50.5 Å². The molecule has 0 aliphatic carbocycles. The molecule has 0 amide bonds. The molecule has 2 unspecified atom stereocenters. The number of benzene rings is 9. The number of imidazole rings is 1. The van der Waals surface area contributed by atoms with Crippen LogP contribution in [0.25, 0.3) is 50.5 Å². The van der Waals surface area contributed by atoms with Crippen molar-refractivity contribution in [3.05, 3.63) is 298 Å². The third kappa shape index (κ3) is 15.5. The summed E-state index contributed by atoms with van der Waals surface area (Å²) in [6.07, 6.45) is 20.1. The Morgan fingerprint density at radius 1 is 0.320 bits per heavy atom. The predicted octanol–water partition coefficient (Wildman–Crippen LogP) is 24.8. The van der Waals surface area contributed by atoms with Gasteiger partial charge in [-0.2, -0.15) is 0 Å². The minimum absolute atomic E-state index is 0.00564. The van der Waals surface area contributed by atoms with Gasteiger partial charge in [0.1, 0.15) is 18.2 Å². The molecule has 6 heteroatoms. The van der Waals surface area contributed by atoms with Crippen LogP contribution < -0.4 is 20.4 Å². The fourth-order valence-corrected chi connectivity index (χ4v) is 14.8. The first-order valence-electron chi connectivity index (χ1n) is 36.6. The van der Waals surface area contributed by atoms with Crippen molar-refractivity contribution in [1.29, 1.82) is 0 Å². The Hall–Kier alpha value is -9.13. The molecule has 12 rings (SSSR count). The zero-order valence-electron chi connectivity index (χ0n) is 59.9. The van der Waals surface area contributed by atoms with Gasteiger partial charge in [0.05, 0.1) is 5.69 Å². The largest absolute Gasteiger partial charge is 0.363 e. The molecule has 97 heavy (non-hydrogen) atoms. The molecule has 9 aromatic carbocycles. The van der Waals surface area contributed by atoms with E-state index in [0.29, 0.717) is 35.5 Å². The highest BCUT2D eigenvalue weighted by atomic mass is 15.3. The van der Waals surface area contributed by atoms with Crippen LogP contribution in [0.1, 0.15) is 238 Å². The molecule has 498 valence electrons. The smallest absolute Gasteiger partial charge is 0.144 e. The van der Waals surface area contributed by atoms with Crippen LogP contribution in [-0.4, -0.2) is 9.55 Å². The summed E-state index contributed by atoms with van der Waals surface area (Å²) in [6.45, 7) is 28.1. The van der Waals surface area contributed by atoms with Crippen LogP contribution in [0.5, 0.6) is 0 Å². The summed E-state index contributed by atoms with van der Waals surface area (Å²) in [7, 11) is 0. The van der Waals surface area contributed by atoms with Crippen LogP contribution in [0.4, 0.5) is 11.4 Å². The quantitative estimate of drug-likeness (QED) is 0.0503. The first kappa shape index (κ1) is 67.8. The van der Waals surface area contributed by atoms with E-state index in [-0.39, 0.29) is 12.3 Å². The Kier molecular flexibility index (Phi) is 21.6. The van der Waals surface area contributed by atoms with Gasteiger partial charge in [-0.1, -0.05) is 266 Å². The van der Waals surface area contributed by atoms with E-state index in [1.54, 1.807) is 0 Å². The van der Waals surface area contributed by atoms with Crippen molar-refractivity contribution in [2.45, 2.75) is 195 Å². The zero-order chi connectivity index (χ0) is 67.7. The number of nitrogens with zero attached hydrogens (tertiary/aromatic N) is 4. The first-order chi connectivity index (χ1) is 47.1. The Bertz CT molecular complexity index is 4200. The van der Waals surface area contributed by atoms with Crippen molar-refractivity contribution in [3.63, 3.8) is 0 Å². The number of unbranched alkanes of at least 4 members (excludes halogenated alkanes) is 4. The molecule has 0 bridgehead atoms. The maximum absolute atomic E-state index is 4.97. The lowest BCUT2D eigenvalue weighted by molar-refractivity contribution is 0.595. The van der Waals surface area contributed by atoms with Gasteiger partial charge in [0.25, 0.3) is 0 Å². The SMILES string of the molecule is CC(C)c1cc(-c2ccccc2)cc(C(C)C)c1N1C=C(CCCCC2=CN(c3c(C(C)C)cc(-c4ccccc4)cc3C(C)C)C(c3ccc(CCCCCCc4ccc(-c5nccn5-c5c(C(C)C)cc(-c6ccccc6)cc5C(C)C)cc4)cc3)N2)NC1c1ccccc1. The van der Waals surface area contributed by atoms with Gasteiger partial charge >= 0.3 is 0 Å². The zero-order valence-corrected chi connectivity index (χ0v) is 59.9. The summed E-state index contributed by atoms with van der Waals surface area (Å²) < 4.78 is 2.34. The molecule has 0 fully saturated rings. The summed E-state index contributed by atoms with van der Waals surface area (Å²) in [4.78, 5) is 10.1. The van der Waals surface area contributed by atoms with E-state index in [1.807, 2.05) is 6.20 Å². The molecule has 0 saturated carbocycles. The standard InChI is InChI=1S/C91H104N6/c1-61(2)80-53-75(69-33-21-15-22-34-69)54-81(62(3)4)86(80)95-52-51-92-89(95)73-47-43-67(44-48-73)31-19-13-14-20-32-68-45-49-74(50-46-68)91-94-79(60-97(91)88-84(65(9)10)57-77(58-85(88)66(11)12)71-37-25-17-26-38-71)42-30-29-41-78-59-96(90(93-78)72-39-27-18-28-40-72)87-82(63(5)6)55-76(56-83(87)64(7)8)70-35-23-16-24-36-70/h15-18,21-28,33-40,43-66,90-91,93-94H,13-14,19-20,29-32,41-42H2,1-12H3. The third-order valence-electron chi connectivity index (χ3n) is 20.2. The lowest BCUT2D eigenvalue weighted by Crippen LogP contribution is -2.29. The number of hydrogen-bond acceptors (Lipinski definition) is 5. The highest BCUT2D eigenvalue weighted by molar-refractivity contribution is 5.78. The number of nitrogens with one attached hydrogen (secondary N) is 2. The van der Waals surface area contributed by atoms with E-state index in [0.717, 1.165) is 49.9 Å². The van der Waals surface area contributed by atoms with Crippen LogP contribution in [0.15, 0.2) is 242 Å². The number of rotatable bonds is 27. The fourth-order valence-electron chi connectivity index (χ4n) is 14.8. The maximum atomic E-state index is 4.97. The number of aryl methyl sites for hydroxylation is 2. The minimum Gasteiger partial charge on any atom is -0.363 e. The lowest BCUT2D eigenvalue weighted by atomic mass is 9.87. The Labute approximate surface area is 581 Å². The van der Waals surface area contributed by atoms with Gasteiger partial charge in [0.2, 0.25) is 0 Å². The fraction of sp³-hybridized carbons (Fsp3) is 0.330. The second-order valence-corrected chi connectivity index (χ2v) is 29.3. The highest BCUT2D eigenvalue weighted by Crippen LogP contribution is 2.47. The number of allylic oxidation sites excluding steroid dienone is 2. The van der Waals surface area contributed by atoms with Crippen LogP contribution >= 0.6 is 0 Å². The number of hydrogen-bond donors (Lipinski definition) is 2. The van der Waals surface area contributed by atoms with E-state index in [2.05, 4.69) is 333 Å². The van der Waals surface area contributed by atoms with Gasteiger partial charge in [-0.3, -0.25) is 4.57 Å². The summed E-state index contributed by atoms with van der Waals surface area (Å²) in [6, 6.07) is 77.1. The van der Waals surface area contributed by atoms with Gasteiger partial charge in [-0.15, -0.1) is 0 Å². The van der Waals surface area contributed by atoms with E-state index in [1.165, 1.54) is 143 Å². The van der Waals surface area contributed by atoms with Gasteiger partial charge in [0.15, 0.2) is 0 Å². The van der Waals surface area contributed by atoms with Gasteiger partial charge < -0.3 is 20.4 Å². The second kappa shape index (κ2) is 30.9. The summed E-state index contributed by atoms with van der Waals surface area (Å²) in [5.74, 6) is 3.03. The van der Waals surface area contributed by atoms with Crippen molar-refractivity contribution >= 4 is 11.4 Å². The molecule has 6 nitrogen and oxygen atoms in total. The maximum Gasteiger partial charge on any atom is 0.144 e. The number of aromatic nitrogens is 2. The summed E-state index contributed by atoms with van der Waals surface area (Å²) >= 11 is 0. The highest BCUT2D eigenvalue weighted by Gasteiger charge is 2.34. The van der Waals surface area contributed by atoms with E-state index < -0.39 is 0 Å². The van der Waals surface area contributed by atoms with Crippen LogP contribution in [0.3, 0.4) is 0 Å². The molecule has 0 spiro atoms. The molecule has 2 aliphatic rings. The number of anilines is 2. The average Bonchev–Trinajstić information content (AvgIpc) is 1.76. The monoisotopic (exact) mass is 1280 g/mol. The summed E-state index contributed by atoms with van der Waals surface area (Å²) in [5.41, 5.74) is 29.0. The first-order valence-corrected chi connectivity index (χ1v) is 36.6. The van der Waals surface area contributed by atoms with Crippen LogP contribution in [0.2, 0.25) is 0 Å². The molecule has 0 saturated heterocycles. The van der Waals surface area contributed by atoms with Gasteiger partial charge in [-0.25, -0.2) is 4.98 Å². The van der Waals surface area contributed by atoms with E-state index in [4.69, 9.17) is 4.98 Å². The average molecular weight is 1280 g/mol. The Morgan fingerprint density at radius 2 is 0.639 bits per heavy atom. The molecule has 0 radical (unpaired) electrons. The van der Waals surface area contributed by atoms with Crippen molar-refractivity contribution < 1.29 is 0 Å². The van der Waals surface area contributed by atoms with E-state index in [9.17, 15) is 0 Å². The van der Waals surface area contributed by atoms with Crippen molar-refractivity contribution in [1.82, 2.24) is 20.2 Å². The van der Waals surface area contributed by atoms with Gasteiger partial charge in [0, 0.05) is 53.1 Å².